The molecule has 0 bridgehead atoms. The molecule has 124 valence electrons. The van der Waals surface area contributed by atoms with E-state index in [0.717, 1.165) is 41.4 Å². The molecule has 1 heterocycles. The summed E-state index contributed by atoms with van der Waals surface area (Å²) >= 11 is 0. The normalized spacial score (nSPS) is 14.4. The molecule has 1 aliphatic carbocycles. The lowest BCUT2D eigenvalue weighted by atomic mass is 10.1. The summed E-state index contributed by atoms with van der Waals surface area (Å²) in [6, 6.07) is 4.98. The summed E-state index contributed by atoms with van der Waals surface area (Å²) in [5, 5.41) is 9.71. The third-order valence-electron chi connectivity index (χ3n) is 4.52. The van der Waals surface area contributed by atoms with E-state index in [9.17, 15) is 9.18 Å². The van der Waals surface area contributed by atoms with Gasteiger partial charge in [-0.15, -0.1) is 0 Å². The van der Waals surface area contributed by atoms with Gasteiger partial charge >= 0.3 is 0 Å². The SMILES string of the molecule is Cc1[nH]c2ccc(F)cc2c1CC(=O)N(CCCCO)C1CC1. The number of unbranched alkanes of at least 4 members (excludes halogenated alkanes) is 1. The first-order valence-corrected chi connectivity index (χ1v) is 8.27. The van der Waals surface area contributed by atoms with Crippen LogP contribution in [0.4, 0.5) is 4.39 Å². The summed E-state index contributed by atoms with van der Waals surface area (Å²) in [6.45, 7) is 2.78. The molecule has 1 amide bonds. The van der Waals surface area contributed by atoms with Gasteiger partial charge in [0.1, 0.15) is 5.82 Å². The van der Waals surface area contributed by atoms with Crippen molar-refractivity contribution in [3.63, 3.8) is 0 Å². The van der Waals surface area contributed by atoms with Crippen molar-refractivity contribution >= 4 is 16.8 Å². The Morgan fingerprint density at radius 1 is 1.39 bits per heavy atom. The Labute approximate surface area is 135 Å². The molecule has 0 unspecified atom stereocenters. The molecule has 0 aliphatic heterocycles. The molecule has 4 nitrogen and oxygen atoms in total. The van der Waals surface area contributed by atoms with Crippen LogP contribution in [0, 0.1) is 12.7 Å². The van der Waals surface area contributed by atoms with Gasteiger partial charge in [0.05, 0.1) is 6.42 Å². The molecule has 23 heavy (non-hydrogen) atoms. The summed E-state index contributed by atoms with van der Waals surface area (Å²) in [5.41, 5.74) is 2.67. The van der Waals surface area contributed by atoms with Crippen LogP contribution in [-0.2, 0) is 11.2 Å². The van der Waals surface area contributed by atoms with Crippen molar-refractivity contribution in [1.29, 1.82) is 0 Å². The Balaban J connectivity index is 1.78. The summed E-state index contributed by atoms with van der Waals surface area (Å²) in [4.78, 5) is 17.9. The summed E-state index contributed by atoms with van der Waals surface area (Å²) in [6.07, 6.45) is 3.96. The average molecular weight is 318 g/mol. The summed E-state index contributed by atoms with van der Waals surface area (Å²) < 4.78 is 13.5. The molecule has 0 saturated heterocycles. The van der Waals surface area contributed by atoms with E-state index in [2.05, 4.69) is 4.98 Å². The number of nitrogens with zero attached hydrogens (tertiary/aromatic N) is 1. The number of fused-ring (bicyclic) bond motifs is 1. The third kappa shape index (κ3) is 3.55. The minimum Gasteiger partial charge on any atom is -0.396 e. The highest BCUT2D eigenvalue weighted by Gasteiger charge is 2.32. The lowest BCUT2D eigenvalue weighted by molar-refractivity contribution is -0.131. The molecule has 1 saturated carbocycles. The first-order chi connectivity index (χ1) is 11.1. The molecule has 3 rings (SSSR count). The largest absolute Gasteiger partial charge is 0.396 e. The number of aliphatic hydroxyl groups is 1. The van der Waals surface area contributed by atoms with Crippen LogP contribution in [0.1, 0.15) is 36.9 Å². The van der Waals surface area contributed by atoms with E-state index in [1.807, 2.05) is 11.8 Å². The zero-order valence-electron chi connectivity index (χ0n) is 13.4. The van der Waals surface area contributed by atoms with Crippen molar-refractivity contribution in [2.75, 3.05) is 13.2 Å². The highest BCUT2D eigenvalue weighted by atomic mass is 19.1. The Kier molecular flexibility index (Phi) is 4.66. The van der Waals surface area contributed by atoms with Crippen LogP contribution in [0.2, 0.25) is 0 Å². The van der Waals surface area contributed by atoms with Gasteiger partial charge in [-0.3, -0.25) is 4.79 Å². The maximum absolute atomic E-state index is 13.5. The number of amides is 1. The van der Waals surface area contributed by atoms with E-state index in [-0.39, 0.29) is 18.3 Å². The van der Waals surface area contributed by atoms with Crippen LogP contribution in [0.5, 0.6) is 0 Å². The number of aromatic nitrogens is 1. The maximum Gasteiger partial charge on any atom is 0.227 e. The number of H-pyrrole nitrogens is 1. The second kappa shape index (κ2) is 6.71. The number of halogens is 1. The van der Waals surface area contributed by atoms with Gasteiger partial charge in [-0.25, -0.2) is 4.39 Å². The molecular weight excluding hydrogens is 295 g/mol. The average Bonchev–Trinajstić information content (AvgIpc) is 3.31. The predicted octanol–water partition coefficient (Wildman–Crippen LogP) is 2.92. The smallest absolute Gasteiger partial charge is 0.227 e. The fourth-order valence-corrected chi connectivity index (χ4v) is 3.13. The molecule has 2 aromatic rings. The number of aromatic amines is 1. The lowest BCUT2D eigenvalue weighted by Gasteiger charge is -2.22. The monoisotopic (exact) mass is 318 g/mol. The van der Waals surface area contributed by atoms with E-state index in [4.69, 9.17) is 5.11 Å². The Bertz CT molecular complexity index is 706. The minimum absolute atomic E-state index is 0.0960. The van der Waals surface area contributed by atoms with Crippen molar-refractivity contribution in [1.82, 2.24) is 9.88 Å². The molecule has 0 radical (unpaired) electrons. The zero-order chi connectivity index (χ0) is 16.4. The standard InChI is InChI=1S/C18H23FN2O2/c1-12-15(16-10-13(19)4-7-17(16)20-12)11-18(23)21(14-5-6-14)8-2-3-9-22/h4,7,10,14,20,22H,2-3,5-6,8-9,11H2,1H3. The fraction of sp³-hybridized carbons (Fsp3) is 0.500. The molecule has 1 fully saturated rings. The molecular formula is C18H23FN2O2. The van der Waals surface area contributed by atoms with Gasteiger partial charge in [0.25, 0.3) is 0 Å². The number of benzene rings is 1. The van der Waals surface area contributed by atoms with Gasteiger partial charge in [-0.2, -0.15) is 0 Å². The summed E-state index contributed by atoms with van der Waals surface area (Å²) in [5.74, 6) is -0.189. The topological polar surface area (TPSA) is 56.3 Å². The van der Waals surface area contributed by atoms with Crippen LogP contribution in [-0.4, -0.2) is 40.1 Å². The van der Waals surface area contributed by atoms with E-state index in [0.29, 0.717) is 25.4 Å². The van der Waals surface area contributed by atoms with Crippen molar-refractivity contribution < 1.29 is 14.3 Å². The molecule has 0 atom stereocenters. The van der Waals surface area contributed by atoms with Crippen LogP contribution in [0.25, 0.3) is 10.9 Å². The zero-order valence-corrected chi connectivity index (χ0v) is 13.4. The van der Waals surface area contributed by atoms with Gasteiger partial charge in [-0.1, -0.05) is 0 Å². The predicted molar refractivity (Wildman–Crippen MR) is 87.8 cm³/mol. The quantitative estimate of drug-likeness (QED) is 0.771. The van der Waals surface area contributed by atoms with E-state index >= 15 is 0 Å². The maximum atomic E-state index is 13.5. The third-order valence-corrected chi connectivity index (χ3v) is 4.52. The fourth-order valence-electron chi connectivity index (χ4n) is 3.13. The number of aliphatic hydroxyl groups excluding tert-OH is 1. The van der Waals surface area contributed by atoms with E-state index < -0.39 is 0 Å². The minimum atomic E-state index is -0.285. The molecule has 2 N–H and O–H groups in total. The number of rotatable bonds is 7. The van der Waals surface area contributed by atoms with Gasteiger partial charge in [0.2, 0.25) is 5.91 Å². The van der Waals surface area contributed by atoms with Gasteiger partial charge in [-0.05, 0) is 56.4 Å². The van der Waals surface area contributed by atoms with Crippen LogP contribution in [0.15, 0.2) is 18.2 Å². The number of carbonyl (C=O) groups excluding carboxylic acids is 1. The van der Waals surface area contributed by atoms with Gasteiger partial charge < -0.3 is 15.0 Å². The number of aryl methyl sites for hydroxylation is 1. The lowest BCUT2D eigenvalue weighted by Crippen LogP contribution is -2.35. The van der Waals surface area contributed by atoms with Crippen molar-refractivity contribution in [3.8, 4) is 0 Å². The highest BCUT2D eigenvalue weighted by molar-refractivity contribution is 5.90. The molecule has 1 aliphatic rings. The first kappa shape index (κ1) is 16.0. The molecule has 1 aromatic carbocycles. The number of hydrogen-bond acceptors (Lipinski definition) is 2. The van der Waals surface area contributed by atoms with Gasteiger partial charge in [0, 0.05) is 35.8 Å². The van der Waals surface area contributed by atoms with Crippen molar-refractivity contribution in [3.05, 3.63) is 35.3 Å². The molecule has 5 heteroatoms. The first-order valence-electron chi connectivity index (χ1n) is 8.27. The molecule has 0 spiro atoms. The van der Waals surface area contributed by atoms with Gasteiger partial charge in [0.15, 0.2) is 0 Å². The number of carbonyl (C=O) groups is 1. The van der Waals surface area contributed by atoms with Crippen LogP contribution >= 0.6 is 0 Å². The molecule has 1 aromatic heterocycles. The van der Waals surface area contributed by atoms with Crippen LogP contribution < -0.4 is 0 Å². The van der Waals surface area contributed by atoms with E-state index in [1.54, 1.807) is 6.07 Å². The van der Waals surface area contributed by atoms with Crippen molar-refractivity contribution in [2.45, 2.75) is 45.1 Å². The number of hydrogen-bond donors (Lipinski definition) is 2. The highest BCUT2D eigenvalue weighted by Crippen LogP contribution is 2.29. The van der Waals surface area contributed by atoms with Crippen molar-refractivity contribution in [2.24, 2.45) is 0 Å². The Morgan fingerprint density at radius 2 is 2.17 bits per heavy atom. The second-order valence-electron chi connectivity index (χ2n) is 6.34. The Morgan fingerprint density at radius 3 is 2.87 bits per heavy atom. The summed E-state index contributed by atoms with van der Waals surface area (Å²) in [7, 11) is 0. The number of nitrogens with one attached hydrogen (secondary N) is 1. The van der Waals surface area contributed by atoms with E-state index in [1.165, 1.54) is 12.1 Å². The Hall–Kier alpha value is -1.88. The second-order valence-corrected chi connectivity index (χ2v) is 6.34. The van der Waals surface area contributed by atoms with Crippen LogP contribution in [0.3, 0.4) is 0 Å².